The highest BCUT2D eigenvalue weighted by Gasteiger charge is 2.09. The fraction of sp³-hybridized carbons (Fsp3) is 0.500. The van der Waals surface area contributed by atoms with Gasteiger partial charge in [0.1, 0.15) is 0 Å². The number of methoxy groups -OCH3 is 1. The predicted molar refractivity (Wildman–Crippen MR) is 72.7 cm³/mol. The van der Waals surface area contributed by atoms with Gasteiger partial charge >= 0.3 is 0 Å². The van der Waals surface area contributed by atoms with Gasteiger partial charge in [0.05, 0.1) is 11.0 Å². The first kappa shape index (κ1) is 15.5. The molecule has 0 aromatic heterocycles. The SMILES string of the molecule is CCC(CCSc1ccc(S(=O)(=O)O)cc1)OC. The molecule has 0 radical (unpaired) electrons. The van der Waals surface area contributed by atoms with Crippen molar-refractivity contribution in [2.24, 2.45) is 0 Å². The van der Waals surface area contributed by atoms with Crippen LogP contribution in [0.1, 0.15) is 19.8 Å². The van der Waals surface area contributed by atoms with Crippen molar-refractivity contribution in [1.29, 1.82) is 0 Å². The van der Waals surface area contributed by atoms with Crippen LogP contribution in [0.2, 0.25) is 0 Å². The average molecular weight is 290 g/mol. The summed E-state index contributed by atoms with van der Waals surface area (Å²) in [6, 6.07) is 6.21. The highest BCUT2D eigenvalue weighted by atomic mass is 32.2. The van der Waals surface area contributed by atoms with Crippen LogP contribution < -0.4 is 0 Å². The Kier molecular flexibility index (Phi) is 6.14. The molecular weight excluding hydrogens is 272 g/mol. The molecule has 1 unspecified atom stereocenters. The summed E-state index contributed by atoms with van der Waals surface area (Å²) in [7, 11) is -2.38. The van der Waals surface area contributed by atoms with E-state index in [-0.39, 0.29) is 11.0 Å². The van der Waals surface area contributed by atoms with E-state index in [4.69, 9.17) is 9.29 Å². The molecule has 0 spiro atoms. The predicted octanol–water partition coefficient (Wildman–Crippen LogP) is 2.84. The lowest BCUT2D eigenvalue weighted by Gasteiger charge is -2.12. The maximum Gasteiger partial charge on any atom is 0.294 e. The van der Waals surface area contributed by atoms with Crippen molar-refractivity contribution < 1.29 is 17.7 Å². The summed E-state index contributed by atoms with van der Waals surface area (Å²) in [6.45, 7) is 2.08. The molecule has 1 aromatic rings. The van der Waals surface area contributed by atoms with E-state index in [1.54, 1.807) is 31.0 Å². The summed E-state index contributed by atoms with van der Waals surface area (Å²) in [6.07, 6.45) is 2.21. The molecule has 0 heterocycles. The van der Waals surface area contributed by atoms with Gasteiger partial charge in [0.25, 0.3) is 10.1 Å². The van der Waals surface area contributed by atoms with E-state index in [0.717, 1.165) is 23.5 Å². The van der Waals surface area contributed by atoms with Crippen LogP contribution in [0.15, 0.2) is 34.1 Å². The van der Waals surface area contributed by atoms with Crippen molar-refractivity contribution >= 4 is 21.9 Å². The molecule has 102 valence electrons. The summed E-state index contributed by atoms with van der Waals surface area (Å²) >= 11 is 1.64. The molecule has 0 aliphatic rings. The Balaban J connectivity index is 2.50. The number of ether oxygens (including phenoxy) is 1. The number of benzene rings is 1. The molecule has 0 aliphatic heterocycles. The van der Waals surface area contributed by atoms with E-state index >= 15 is 0 Å². The molecule has 1 N–H and O–H groups in total. The highest BCUT2D eigenvalue weighted by molar-refractivity contribution is 7.99. The van der Waals surface area contributed by atoms with Gasteiger partial charge in [0.2, 0.25) is 0 Å². The van der Waals surface area contributed by atoms with Crippen LogP contribution in [0, 0.1) is 0 Å². The van der Waals surface area contributed by atoms with Crippen molar-refractivity contribution in [2.75, 3.05) is 12.9 Å². The van der Waals surface area contributed by atoms with Gasteiger partial charge < -0.3 is 4.74 Å². The summed E-state index contributed by atoms with van der Waals surface area (Å²) < 4.78 is 35.8. The minimum absolute atomic E-state index is 0.0739. The molecule has 4 nitrogen and oxygen atoms in total. The Morgan fingerprint density at radius 3 is 2.39 bits per heavy atom. The third-order valence-corrected chi connectivity index (χ3v) is 4.53. The molecule has 0 aliphatic carbocycles. The fourth-order valence-corrected chi connectivity index (χ4v) is 2.93. The smallest absolute Gasteiger partial charge is 0.294 e. The first-order chi connectivity index (χ1) is 8.47. The third kappa shape index (κ3) is 4.97. The fourth-order valence-electron chi connectivity index (χ4n) is 1.50. The van der Waals surface area contributed by atoms with Crippen LogP contribution in [0.5, 0.6) is 0 Å². The molecule has 1 aromatic carbocycles. The van der Waals surface area contributed by atoms with E-state index in [0.29, 0.717) is 0 Å². The molecule has 0 saturated carbocycles. The van der Waals surface area contributed by atoms with Crippen LogP contribution in [0.4, 0.5) is 0 Å². The van der Waals surface area contributed by atoms with Crippen molar-refractivity contribution in [3.05, 3.63) is 24.3 Å². The van der Waals surface area contributed by atoms with E-state index < -0.39 is 10.1 Å². The zero-order valence-corrected chi connectivity index (χ0v) is 12.1. The van der Waals surface area contributed by atoms with Gasteiger partial charge in [-0.15, -0.1) is 11.8 Å². The lowest BCUT2D eigenvalue weighted by Crippen LogP contribution is -2.09. The van der Waals surface area contributed by atoms with Crippen LogP contribution in [-0.4, -0.2) is 31.9 Å². The Labute approximate surface area is 112 Å². The first-order valence-electron chi connectivity index (χ1n) is 5.70. The van der Waals surface area contributed by atoms with Crippen LogP contribution in [-0.2, 0) is 14.9 Å². The van der Waals surface area contributed by atoms with E-state index in [1.165, 1.54) is 12.1 Å². The molecule has 0 fully saturated rings. The minimum atomic E-state index is -4.09. The number of hydrogen-bond acceptors (Lipinski definition) is 4. The van der Waals surface area contributed by atoms with Gasteiger partial charge in [0.15, 0.2) is 0 Å². The summed E-state index contributed by atoms with van der Waals surface area (Å²) in [4.78, 5) is 0.906. The number of thioether (sulfide) groups is 1. The molecule has 1 rings (SSSR count). The second-order valence-electron chi connectivity index (χ2n) is 3.85. The maximum atomic E-state index is 10.9. The molecule has 1 atom stereocenters. The highest BCUT2D eigenvalue weighted by Crippen LogP contribution is 2.22. The number of rotatable bonds is 7. The second-order valence-corrected chi connectivity index (χ2v) is 6.44. The molecule has 6 heteroatoms. The van der Waals surface area contributed by atoms with E-state index in [9.17, 15) is 8.42 Å². The zero-order chi connectivity index (χ0) is 13.6. The van der Waals surface area contributed by atoms with Gasteiger partial charge in [-0.25, -0.2) is 0 Å². The Morgan fingerprint density at radius 1 is 1.33 bits per heavy atom. The molecule has 0 amide bonds. The van der Waals surface area contributed by atoms with Gasteiger partial charge in [-0.05, 0) is 37.1 Å². The lowest BCUT2D eigenvalue weighted by molar-refractivity contribution is 0.0974. The van der Waals surface area contributed by atoms with Crippen molar-refractivity contribution in [1.82, 2.24) is 0 Å². The van der Waals surface area contributed by atoms with E-state index in [1.807, 2.05) is 0 Å². The first-order valence-corrected chi connectivity index (χ1v) is 8.13. The average Bonchev–Trinajstić information content (AvgIpc) is 2.34. The minimum Gasteiger partial charge on any atom is -0.381 e. The third-order valence-electron chi connectivity index (χ3n) is 2.62. The summed E-state index contributed by atoms with van der Waals surface area (Å²) in [5.41, 5.74) is 0. The lowest BCUT2D eigenvalue weighted by atomic mass is 10.2. The van der Waals surface area contributed by atoms with Crippen molar-refractivity contribution in [3.8, 4) is 0 Å². The van der Waals surface area contributed by atoms with Crippen LogP contribution >= 0.6 is 11.8 Å². The number of hydrogen-bond donors (Lipinski definition) is 1. The van der Waals surface area contributed by atoms with Gasteiger partial charge in [-0.3, -0.25) is 4.55 Å². The normalized spacial score (nSPS) is 13.5. The molecule has 0 saturated heterocycles. The largest absolute Gasteiger partial charge is 0.381 e. The zero-order valence-electron chi connectivity index (χ0n) is 10.5. The second kappa shape index (κ2) is 7.13. The maximum absolute atomic E-state index is 10.9. The Bertz CT molecular complexity index is 449. The standard InChI is InChI=1S/C12H18O4S2/c1-3-10(16-2)8-9-17-11-4-6-12(7-5-11)18(13,14)15/h4-7,10H,3,8-9H2,1-2H3,(H,13,14,15). The molecule has 0 bridgehead atoms. The van der Waals surface area contributed by atoms with Crippen molar-refractivity contribution in [2.45, 2.75) is 35.7 Å². The summed E-state index contributed by atoms with van der Waals surface area (Å²) in [5, 5.41) is 0. The van der Waals surface area contributed by atoms with Crippen molar-refractivity contribution in [3.63, 3.8) is 0 Å². The summed E-state index contributed by atoms with van der Waals surface area (Å²) in [5.74, 6) is 0.914. The molecular formula is C12H18O4S2. The van der Waals surface area contributed by atoms with Gasteiger partial charge in [-0.2, -0.15) is 8.42 Å². The Morgan fingerprint density at radius 2 is 1.94 bits per heavy atom. The van der Waals surface area contributed by atoms with Crippen LogP contribution in [0.25, 0.3) is 0 Å². The quantitative estimate of drug-likeness (QED) is 0.618. The van der Waals surface area contributed by atoms with Crippen LogP contribution in [0.3, 0.4) is 0 Å². The monoisotopic (exact) mass is 290 g/mol. The topological polar surface area (TPSA) is 63.6 Å². The van der Waals surface area contributed by atoms with Gasteiger partial charge in [0, 0.05) is 17.8 Å². The van der Waals surface area contributed by atoms with Gasteiger partial charge in [-0.1, -0.05) is 6.92 Å². The molecule has 18 heavy (non-hydrogen) atoms. The van der Waals surface area contributed by atoms with E-state index in [2.05, 4.69) is 6.92 Å². The Hall–Kier alpha value is -0.560.